The lowest BCUT2D eigenvalue weighted by Crippen LogP contribution is -2.17. The van der Waals surface area contributed by atoms with Crippen molar-refractivity contribution in [2.75, 3.05) is 0 Å². The summed E-state index contributed by atoms with van der Waals surface area (Å²) in [5.74, 6) is 0. The highest BCUT2D eigenvalue weighted by molar-refractivity contribution is 6.20. The van der Waals surface area contributed by atoms with Gasteiger partial charge in [-0.2, -0.15) is 0 Å². The molecule has 2 N–H and O–H groups in total. The van der Waals surface area contributed by atoms with Gasteiger partial charge < -0.3 is 5.73 Å². The molecule has 0 amide bonds. The molecule has 0 bridgehead atoms. The summed E-state index contributed by atoms with van der Waals surface area (Å²) in [6.07, 6.45) is 0.904. The third-order valence-electron chi connectivity index (χ3n) is 0.697. The second-order valence-corrected chi connectivity index (χ2v) is 2.74. The molecule has 2 atom stereocenters. The minimum Gasteiger partial charge on any atom is -0.328 e. The van der Waals surface area contributed by atoms with Gasteiger partial charge >= 0.3 is 0 Å². The summed E-state index contributed by atoms with van der Waals surface area (Å²) in [5.41, 5.74) is 5.41. The summed E-state index contributed by atoms with van der Waals surface area (Å²) in [7, 11) is 0. The Hall–Kier alpha value is 0.250. The Balaban J connectivity index is 2.95. The second-order valence-electron chi connectivity index (χ2n) is 1.99. The van der Waals surface area contributed by atoms with Gasteiger partial charge in [0, 0.05) is 11.4 Å². The van der Waals surface area contributed by atoms with Crippen molar-refractivity contribution in [3.8, 4) is 0 Å². The van der Waals surface area contributed by atoms with Crippen molar-refractivity contribution in [1.29, 1.82) is 0 Å². The third-order valence-corrected chi connectivity index (χ3v) is 0.875. The molecular weight excluding hydrogens is 110 g/mol. The molecule has 0 aromatic rings. The van der Waals surface area contributed by atoms with Crippen LogP contribution in [-0.2, 0) is 0 Å². The van der Waals surface area contributed by atoms with E-state index >= 15 is 0 Å². The molecule has 0 saturated heterocycles. The summed E-state index contributed by atoms with van der Waals surface area (Å²) in [6, 6.07) is 0.243. The van der Waals surface area contributed by atoms with Crippen LogP contribution in [0.2, 0.25) is 0 Å². The molecule has 0 heterocycles. The Labute approximate surface area is 49.8 Å². The van der Waals surface area contributed by atoms with Gasteiger partial charge in [-0.15, -0.1) is 11.6 Å². The van der Waals surface area contributed by atoms with Crippen LogP contribution in [0.15, 0.2) is 0 Å². The fourth-order valence-corrected chi connectivity index (χ4v) is 0.793. The SMILES string of the molecule is CC(N)CC(C)Cl. The van der Waals surface area contributed by atoms with Crippen LogP contribution in [0.1, 0.15) is 20.3 Å². The Kier molecular flexibility index (Phi) is 3.39. The van der Waals surface area contributed by atoms with Crippen molar-refractivity contribution in [3.05, 3.63) is 0 Å². The molecule has 0 aromatic carbocycles. The van der Waals surface area contributed by atoms with Crippen molar-refractivity contribution in [2.45, 2.75) is 31.7 Å². The number of alkyl halides is 1. The maximum Gasteiger partial charge on any atom is 0.0322 e. The maximum absolute atomic E-state index is 5.59. The van der Waals surface area contributed by atoms with Gasteiger partial charge in [0.2, 0.25) is 0 Å². The third kappa shape index (κ3) is 6.25. The van der Waals surface area contributed by atoms with E-state index in [4.69, 9.17) is 17.3 Å². The molecule has 0 radical (unpaired) electrons. The van der Waals surface area contributed by atoms with Crippen LogP contribution < -0.4 is 5.73 Å². The van der Waals surface area contributed by atoms with Gasteiger partial charge in [0.15, 0.2) is 0 Å². The Bertz CT molecular complexity index is 37.3. The van der Waals surface area contributed by atoms with Gasteiger partial charge in [0.25, 0.3) is 0 Å². The minimum atomic E-state index is 0.222. The normalized spacial score (nSPS) is 18.9. The molecular formula is C5H12ClN. The lowest BCUT2D eigenvalue weighted by atomic mass is 10.2. The summed E-state index contributed by atoms with van der Waals surface area (Å²) in [6.45, 7) is 3.91. The number of hydrogen-bond acceptors (Lipinski definition) is 1. The highest BCUT2D eigenvalue weighted by Gasteiger charge is 1.98. The lowest BCUT2D eigenvalue weighted by molar-refractivity contribution is 0.658. The average molecular weight is 122 g/mol. The number of halogens is 1. The van der Waals surface area contributed by atoms with Crippen LogP contribution in [-0.4, -0.2) is 11.4 Å². The van der Waals surface area contributed by atoms with E-state index in [1.807, 2.05) is 13.8 Å². The van der Waals surface area contributed by atoms with E-state index in [-0.39, 0.29) is 11.4 Å². The van der Waals surface area contributed by atoms with E-state index in [1.165, 1.54) is 0 Å². The quantitative estimate of drug-likeness (QED) is 0.549. The number of rotatable bonds is 2. The highest BCUT2D eigenvalue weighted by Crippen LogP contribution is 2.00. The van der Waals surface area contributed by atoms with Gasteiger partial charge in [-0.3, -0.25) is 0 Å². The van der Waals surface area contributed by atoms with Crippen molar-refractivity contribution in [1.82, 2.24) is 0 Å². The first-order chi connectivity index (χ1) is 3.13. The van der Waals surface area contributed by atoms with E-state index in [2.05, 4.69) is 0 Å². The highest BCUT2D eigenvalue weighted by atomic mass is 35.5. The van der Waals surface area contributed by atoms with Crippen LogP contribution in [0, 0.1) is 0 Å². The average Bonchev–Trinajstić information content (AvgIpc) is 1.27. The van der Waals surface area contributed by atoms with Gasteiger partial charge in [-0.25, -0.2) is 0 Å². The summed E-state index contributed by atoms with van der Waals surface area (Å²) >= 11 is 5.59. The molecule has 0 spiro atoms. The van der Waals surface area contributed by atoms with Gasteiger partial charge in [-0.1, -0.05) is 0 Å². The van der Waals surface area contributed by atoms with Crippen molar-refractivity contribution in [2.24, 2.45) is 5.73 Å². The summed E-state index contributed by atoms with van der Waals surface area (Å²) in [5, 5.41) is 0.222. The molecule has 7 heavy (non-hydrogen) atoms. The van der Waals surface area contributed by atoms with E-state index in [0.717, 1.165) is 6.42 Å². The van der Waals surface area contributed by atoms with Crippen LogP contribution >= 0.6 is 11.6 Å². The van der Waals surface area contributed by atoms with E-state index in [1.54, 1.807) is 0 Å². The minimum absolute atomic E-state index is 0.222. The predicted molar refractivity (Wildman–Crippen MR) is 33.6 cm³/mol. The Morgan fingerprint density at radius 2 is 2.00 bits per heavy atom. The predicted octanol–water partition coefficient (Wildman–Crippen LogP) is 1.35. The van der Waals surface area contributed by atoms with Crippen LogP contribution in [0.5, 0.6) is 0 Å². The Morgan fingerprint density at radius 1 is 1.57 bits per heavy atom. The largest absolute Gasteiger partial charge is 0.328 e. The molecule has 44 valence electrons. The summed E-state index contributed by atoms with van der Waals surface area (Å²) < 4.78 is 0. The molecule has 0 rings (SSSR count). The molecule has 1 nitrogen and oxygen atoms in total. The molecule has 2 unspecified atom stereocenters. The van der Waals surface area contributed by atoms with E-state index < -0.39 is 0 Å². The van der Waals surface area contributed by atoms with E-state index in [0.29, 0.717) is 0 Å². The van der Waals surface area contributed by atoms with Crippen LogP contribution in [0.4, 0.5) is 0 Å². The fourth-order valence-electron chi connectivity index (χ4n) is 0.512. The van der Waals surface area contributed by atoms with Crippen molar-refractivity contribution >= 4 is 11.6 Å². The first-order valence-electron chi connectivity index (χ1n) is 2.52. The van der Waals surface area contributed by atoms with Crippen molar-refractivity contribution < 1.29 is 0 Å². The van der Waals surface area contributed by atoms with Gasteiger partial charge in [0.05, 0.1) is 0 Å². The van der Waals surface area contributed by atoms with E-state index in [9.17, 15) is 0 Å². The first kappa shape index (κ1) is 7.25. The molecule has 0 aliphatic carbocycles. The molecule has 0 saturated carbocycles. The second kappa shape index (κ2) is 3.28. The fraction of sp³-hybridized carbons (Fsp3) is 1.00. The number of hydrogen-bond donors (Lipinski definition) is 1. The van der Waals surface area contributed by atoms with Crippen molar-refractivity contribution in [3.63, 3.8) is 0 Å². The standard InChI is InChI=1S/C5H12ClN/c1-4(6)3-5(2)7/h4-5H,3,7H2,1-2H3. The maximum atomic E-state index is 5.59. The van der Waals surface area contributed by atoms with Crippen LogP contribution in [0.3, 0.4) is 0 Å². The zero-order valence-electron chi connectivity index (χ0n) is 4.82. The topological polar surface area (TPSA) is 26.0 Å². The molecule has 2 heteroatoms. The molecule has 0 fully saturated rings. The number of nitrogens with two attached hydrogens (primary N) is 1. The molecule has 0 aliphatic heterocycles. The lowest BCUT2D eigenvalue weighted by Gasteiger charge is -2.03. The zero-order valence-corrected chi connectivity index (χ0v) is 5.57. The van der Waals surface area contributed by atoms with Gasteiger partial charge in [-0.05, 0) is 20.3 Å². The smallest absolute Gasteiger partial charge is 0.0322 e. The zero-order chi connectivity index (χ0) is 5.86. The van der Waals surface area contributed by atoms with Gasteiger partial charge in [0.1, 0.15) is 0 Å². The molecule has 0 aromatic heterocycles. The summed E-state index contributed by atoms with van der Waals surface area (Å²) in [4.78, 5) is 0. The van der Waals surface area contributed by atoms with Crippen LogP contribution in [0.25, 0.3) is 0 Å². The monoisotopic (exact) mass is 121 g/mol. The Morgan fingerprint density at radius 3 is 2.00 bits per heavy atom. The molecule has 0 aliphatic rings. The first-order valence-corrected chi connectivity index (χ1v) is 2.96.